The van der Waals surface area contributed by atoms with Gasteiger partial charge >= 0.3 is 6.09 Å². The Balaban J connectivity index is 2.41. The highest BCUT2D eigenvalue weighted by molar-refractivity contribution is 6.87. The van der Waals surface area contributed by atoms with Gasteiger partial charge in [-0.2, -0.15) is 9.61 Å². The number of rotatable bonds is 5. The lowest BCUT2D eigenvalue weighted by Gasteiger charge is -2.32. The number of carboxylic acid groups (broad SMARTS) is 1. The van der Waals surface area contributed by atoms with E-state index < -0.39 is 19.7 Å². The van der Waals surface area contributed by atoms with Crippen molar-refractivity contribution >= 4 is 19.8 Å². The van der Waals surface area contributed by atoms with Gasteiger partial charge in [0.15, 0.2) is 11.5 Å². The Bertz CT molecular complexity index is 863. The number of nitrogens with zero attached hydrogens (tertiary/aromatic N) is 5. The average molecular weight is 388 g/mol. The number of aromatic nitrogens is 4. The van der Waals surface area contributed by atoms with Crippen molar-refractivity contribution in [1.29, 1.82) is 0 Å². The molecule has 0 fully saturated rings. The fourth-order valence-electron chi connectivity index (χ4n) is 2.94. The number of carbonyl (C=O) groups is 1. The molecule has 27 heavy (non-hydrogen) atoms. The van der Waals surface area contributed by atoms with E-state index in [1.54, 1.807) is 4.52 Å². The van der Waals surface area contributed by atoms with E-state index in [2.05, 4.69) is 47.5 Å². The monoisotopic (exact) mass is 387 g/mol. The lowest BCUT2D eigenvalue weighted by molar-refractivity contribution is 0.0933. The van der Waals surface area contributed by atoms with Gasteiger partial charge in [0.1, 0.15) is 13.8 Å². The van der Waals surface area contributed by atoms with Crippen LogP contribution in [-0.2, 0) is 6.54 Å². The molecule has 1 amide bonds. The molecule has 7 nitrogen and oxygen atoms in total. The van der Waals surface area contributed by atoms with E-state index in [0.717, 1.165) is 18.1 Å². The van der Waals surface area contributed by atoms with Gasteiger partial charge in [-0.3, -0.25) is 4.90 Å². The van der Waals surface area contributed by atoms with Gasteiger partial charge in [0, 0.05) is 5.54 Å². The highest BCUT2D eigenvalue weighted by Gasteiger charge is 2.28. The van der Waals surface area contributed by atoms with Crippen molar-refractivity contribution in [1.82, 2.24) is 24.7 Å². The maximum atomic E-state index is 11.6. The molecular formula is C19H29N5O2Si. The van der Waals surface area contributed by atoms with Crippen LogP contribution in [-0.4, -0.2) is 49.5 Å². The molecule has 2 aromatic heterocycles. The van der Waals surface area contributed by atoms with Gasteiger partial charge < -0.3 is 5.11 Å². The first kappa shape index (κ1) is 20.9. The van der Waals surface area contributed by atoms with Crippen LogP contribution in [0.4, 0.5) is 4.79 Å². The maximum Gasteiger partial charge on any atom is 0.408 e. The number of hydrogen-bond acceptors (Lipinski definition) is 4. The summed E-state index contributed by atoms with van der Waals surface area (Å²) in [7, 11) is -1.56. The molecule has 0 spiro atoms. The van der Waals surface area contributed by atoms with Gasteiger partial charge in [-0.25, -0.2) is 4.79 Å². The van der Waals surface area contributed by atoms with Gasteiger partial charge in [-0.15, -0.1) is 15.7 Å². The first-order valence-corrected chi connectivity index (χ1v) is 12.0. The molecule has 2 heterocycles. The van der Waals surface area contributed by atoms with E-state index in [9.17, 15) is 9.90 Å². The third-order valence-electron chi connectivity index (χ3n) is 5.15. The van der Waals surface area contributed by atoms with E-state index in [1.807, 2.05) is 32.9 Å². The summed E-state index contributed by atoms with van der Waals surface area (Å²) in [6.45, 7) is 12.3. The Labute approximate surface area is 161 Å². The molecule has 0 bridgehead atoms. The van der Waals surface area contributed by atoms with Gasteiger partial charge in [0.05, 0.1) is 6.54 Å². The van der Waals surface area contributed by atoms with Crippen LogP contribution in [0.2, 0.25) is 18.1 Å². The number of fused-ring (bicyclic) bond motifs is 1. The van der Waals surface area contributed by atoms with Crippen LogP contribution in [0.25, 0.3) is 5.65 Å². The Morgan fingerprint density at radius 2 is 1.81 bits per heavy atom. The van der Waals surface area contributed by atoms with Crippen LogP contribution >= 0.6 is 0 Å². The fraction of sp³-hybridized carbons (Fsp3) is 0.579. The highest BCUT2D eigenvalue weighted by atomic mass is 28.3. The second-order valence-electron chi connectivity index (χ2n) is 7.74. The van der Waals surface area contributed by atoms with E-state index >= 15 is 0 Å². The van der Waals surface area contributed by atoms with E-state index in [-0.39, 0.29) is 6.54 Å². The molecule has 0 saturated heterocycles. The summed E-state index contributed by atoms with van der Waals surface area (Å²) in [5.41, 5.74) is 4.22. The topological polar surface area (TPSA) is 83.6 Å². The molecule has 2 aromatic rings. The molecule has 0 aromatic carbocycles. The lowest BCUT2D eigenvalue weighted by Crippen LogP contribution is -2.44. The summed E-state index contributed by atoms with van der Waals surface area (Å²) in [5.74, 6) is 3.73. The largest absolute Gasteiger partial charge is 0.465 e. The molecular weight excluding hydrogens is 358 g/mol. The van der Waals surface area contributed by atoms with Gasteiger partial charge in [0.25, 0.3) is 0 Å². The maximum absolute atomic E-state index is 11.6. The van der Waals surface area contributed by atoms with Crippen molar-refractivity contribution in [2.45, 2.75) is 71.8 Å². The summed E-state index contributed by atoms with van der Waals surface area (Å²) >= 11 is 0. The smallest absolute Gasteiger partial charge is 0.408 e. The Kier molecular flexibility index (Phi) is 6.26. The Morgan fingerprint density at radius 1 is 1.19 bits per heavy atom. The number of hydrogen-bond donors (Lipinski definition) is 1. The van der Waals surface area contributed by atoms with Crippen LogP contribution in [0.3, 0.4) is 0 Å². The molecule has 0 aliphatic heterocycles. The fourth-order valence-corrected chi connectivity index (χ4v) is 5.37. The molecule has 0 aliphatic carbocycles. The van der Waals surface area contributed by atoms with Crippen LogP contribution in [0.15, 0.2) is 12.1 Å². The first-order chi connectivity index (χ1) is 12.7. The molecule has 2 rings (SSSR count). The quantitative estimate of drug-likeness (QED) is 0.623. The van der Waals surface area contributed by atoms with Crippen LogP contribution in [0.1, 0.15) is 53.1 Å². The van der Waals surface area contributed by atoms with Gasteiger partial charge in [-0.05, 0) is 51.0 Å². The average Bonchev–Trinajstić information content (AvgIpc) is 3.02. The third-order valence-corrected chi connectivity index (χ3v) is 9.87. The van der Waals surface area contributed by atoms with Crippen molar-refractivity contribution in [2.75, 3.05) is 0 Å². The van der Waals surface area contributed by atoms with Gasteiger partial charge in [-0.1, -0.05) is 26.7 Å². The minimum absolute atomic E-state index is 0.113. The third kappa shape index (κ3) is 4.66. The second-order valence-corrected chi connectivity index (χ2v) is 12.7. The molecule has 0 radical (unpaired) electrons. The SMILES string of the molecule is CC[Si](C#Cc1ccc2nnc(CN(C(=O)O)C(C)(C)C)n2n1)(CC)CC. The number of amides is 1. The first-order valence-electron chi connectivity index (χ1n) is 9.41. The summed E-state index contributed by atoms with van der Waals surface area (Å²) < 4.78 is 1.60. The molecule has 0 saturated carbocycles. The zero-order chi connectivity index (χ0) is 20.2. The van der Waals surface area contributed by atoms with Crippen LogP contribution < -0.4 is 0 Å². The summed E-state index contributed by atoms with van der Waals surface area (Å²) in [4.78, 5) is 12.9. The van der Waals surface area contributed by atoms with E-state index in [0.29, 0.717) is 17.2 Å². The standard InChI is InChI=1S/C19H29N5O2Si/c1-7-27(8-2,9-3)13-12-15-10-11-16-20-21-17(24(16)22-15)14-23(18(25)26)19(4,5)6/h10-11H,7-9,14H2,1-6H3,(H,25,26). The zero-order valence-electron chi connectivity index (χ0n) is 17.1. The molecule has 0 atom stereocenters. The van der Waals surface area contributed by atoms with Crippen molar-refractivity contribution in [3.63, 3.8) is 0 Å². The minimum Gasteiger partial charge on any atom is -0.465 e. The molecule has 0 aliphatic rings. The Morgan fingerprint density at radius 3 is 2.33 bits per heavy atom. The van der Waals surface area contributed by atoms with E-state index in [4.69, 9.17) is 0 Å². The van der Waals surface area contributed by atoms with Crippen molar-refractivity contribution in [2.24, 2.45) is 0 Å². The molecule has 8 heteroatoms. The molecule has 0 unspecified atom stereocenters. The normalized spacial score (nSPS) is 11.9. The predicted octanol–water partition coefficient (Wildman–Crippen LogP) is 3.80. The highest BCUT2D eigenvalue weighted by Crippen LogP contribution is 2.19. The van der Waals surface area contributed by atoms with Crippen molar-refractivity contribution < 1.29 is 9.90 Å². The Hall–Kier alpha value is -2.40. The summed E-state index contributed by atoms with van der Waals surface area (Å²) in [5, 5.41) is 22.3. The second kappa shape index (κ2) is 8.09. The zero-order valence-corrected chi connectivity index (χ0v) is 18.1. The minimum atomic E-state index is -1.56. The lowest BCUT2D eigenvalue weighted by atomic mass is 10.1. The van der Waals surface area contributed by atoms with Crippen molar-refractivity contribution in [3.8, 4) is 11.5 Å². The van der Waals surface area contributed by atoms with Crippen LogP contribution in [0, 0.1) is 11.5 Å². The van der Waals surface area contributed by atoms with Crippen molar-refractivity contribution in [3.05, 3.63) is 23.7 Å². The van der Waals surface area contributed by atoms with Gasteiger partial charge in [0.2, 0.25) is 0 Å². The van der Waals surface area contributed by atoms with Crippen LogP contribution in [0.5, 0.6) is 0 Å². The molecule has 146 valence electrons. The molecule has 1 N–H and O–H groups in total. The summed E-state index contributed by atoms with van der Waals surface area (Å²) in [6, 6.07) is 7.06. The summed E-state index contributed by atoms with van der Waals surface area (Å²) in [6.07, 6.45) is -1.00. The van der Waals surface area contributed by atoms with E-state index in [1.165, 1.54) is 4.90 Å². The predicted molar refractivity (Wildman–Crippen MR) is 108 cm³/mol.